The standard InChI is InChI=1S/C13H16BrNO2/c1-2-5-10(8-14)9-15-11-6-3-4-7-12(11)17-13(15)16/h3-4,6-7,10H,2,5,8-9H2,1H3. The monoisotopic (exact) mass is 297 g/mol. The Morgan fingerprint density at radius 3 is 2.88 bits per heavy atom. The number of rotatable bonds is 5. The number of alkyl halides is 1. The first kappa shape index (κ1) is 12.4. The van der Waals surface area contributed by atoms with Crippen LogP contribution in [0.3, 0.4) is 0 Å². The molecule has 0 bridgehead atoms. The topological polar surface area (TPSA) is 35.1 Å². The molecule has 17 heavy (non-hydrogen) atoms. The molecule has 0 aliphatic rings. The summed E-state index contributed by atoms with van der Waals surface area (Å²) in [5.74, 6) is 0.215. The lowest BCUT2D eigenvalue weighted by Crippen LogP contribution is -2.20. The summed E-state index contributed by atoms with van der Waals surface area (Å²) in [5.41, 5.74) is 1.56. The molecule has 0 aliphatic carbocycles. The average molecular weight is 298 g/mol. The van der Waals surface area contributed by atoms with Gasteiger partial charge in [0.05, 0.1) is 5.52 Å². The van der Waals surface area contributed by atoms with Crippen molar-refractivity contribution in [2.75, 3.05) is 5.33 Å². The van der Waals surface area contributed by atoms with Crippen molar-refractivity contribution in [3.63, 3.8) is 0 Å². The van der Waals surface area contributed by atoms with E-state index in [0.717, 1.165) is 30.2 Å². The first-order valence-corrected chi connectivity index (χ1v) is 7.02. The van der Waals surface area contributed by atoms with Crippen molar-refractivity contribution in [2.45, 2.75) is 26.3 Å². The van der Waals surface area contributed by atoms with Gasteiger partial charge in [-0.15, -0.1) is 0 Å². The van der Waals surface area contributed by atoms with E-state index >= 15 is 0 Å². The molecule has 1 heterocycles. The van der Waals surface area contributed by atoms with E-state index in [4.69, 9.17) is 4.42 Å². The molecule has 0 N–H and O–H groups in total. The molecule has 2 rings (SSSR count). The van der Waals surface area contributed by atoms with Gasteiger partial charge in [0.15, 0.2) is 5.58 Å². The van der Waals surface area contributed by atoms with Crippen LogP contribution in [0.25, 0.3) is 11.1 Å². The SMILES string of the molecule is CCCC(CBr)Cn1c(=O)oc2ccccc21. The van der Waals surface area contributed by atoms with Crippen LogP contribution < -0.4 is 5.76 Å². The molecule has 0 amide bonds. The molecule has 1 atom stereocenters. The minimum Gasteiger partial charge on any atom is -0.408 e. The Balaban J connectivity index is 2.34. The van der Waals surface area contributed by atoms with Gasteiger partial charge in [-0.05, 0) is 24.5 Å². The van der Waals surface area contributed by atoms with Crippen LogP contribution in [0.15, 0.2) is 33.5 Å². The van der Waals surface area contributed by atoms with Gasteiger partial charge in [-0.2, -0.15) is 0 Å². The minimum atomic E-state index is -0.256. The van der Waals surface area contributed by atoms with Gasteiger partial charge in [0.25, 0.3) is 0 Å². The van der Waals surface area contributed by atoms with Gasteiger partial charge in [-0.3, -0.25) is 4.57 Å². The summed E-state index contributed by atoms with van der Waals surface area (Å²) in [4.78, 5) is 11.8. The van der Waals surface area contributed by atoms with E-state index in [2.05, 4.69) is 22.9 Å². The van der Waals surface area contributed by atoms with Crippen LogP contribution >= 0.6 is 15.9 Å². The van der Waals surface area contributed by atoms with Crippen molar-refractivity contribution in [3.8, 4) is 0 Å². The average Bonchev–Trinajstić information content (AvgIpc) is 2.65. The summed E-state index contributed by atoms with van der Waals surface area (Å²) >= 11 is 3.51. The second kappa shape index (κ2) is 5.54. The maximum Gasteiger partial charge on any atom is 0.419 e. The van der Waals surface area contributed by atoms with Crippen molar-refractivity contribution in [2.24, 2.45) is 5.92 Å². The lowest BCUT2D eigenvalue weighted by atomic mass is 10.1. The number of nitrogens with zero attached hydrogens (tertiary/aromatic N) is 1. The molecule has 1 aromatic carbocycles. The van der Waals surface area contributed by atoms with Crippen LogP contribution in [-0.2, 0) is 6.54 Å². The van der Waals surface area contributed by atoms with Gasteiger partial charge in [0.2, 0.25) is 0 Å². The second-order valence-corrected chi connectivity index (χ2v) is 4.90. The van der Waals surface area contributed by atoms with Crippen LogP contribution in [0, 0.1) is 5.92 Å². The molecular weight excluding hydrogens is 282 g/mol. The molecule has 4 heteroatoms. The molecule has 0 fully saturated rings. The Morgan fingerprint density at radius 2 is 2.18 bits per heavy atom. The lowest BCUT2D eigenvalue weighted by Gasteiger charge is -2.12. The smallest absolute Gasteiger partial charge is 0.408 e. The van der Waals surface area contributed by atoms with Gasteiger partial charge in [0.1, 0.15) is 0 Å². The van der Waals surface area contributed by atoms with E-state index in [-0.39, 0.29) is 5.76 Å². The summed E-state index contributed by atoms with van der Waals surface area (Å²) < 4.78 is 6.95. The van der Waals surface area contributed by atoms with Crippen molar-refractivity contribution in [1.82, 2.24) is 4.57 Å². The fourth-order valence-electron chi connectivity index (χ4n) is 2.07. The molecule has 1 unspecified atom stereocenters. The first-order valence-electron chi connectivity index (χ1n) is 5.90. The maximum atomic E-state index is 11.8. The maximum absolute atomic E-state index is 11.8. The molecule has 1 aromatic heterocycles. The zero-order chi connectivity index (χ0) is 12.3. The Hall–Kier alpha value is -1.03. The van der Waals surface area contributed by atoms with E-state index in [1.165, 1.54) is 0 Å². The summed E-state index contributed by atoms with van der Waals surface area (Å²) in [6, 6.07) is 7.56. The largest absolute Gasteiger partial charge is 0.419 e. The molecule has 0 aliphatic heterocycles. The molecule has 0 saturated carbocycles. The first-order chi connectivity index (χ1) is 8.26. The Kier molecular flexibility index (Phi) is 4.05. The molecule has 0 radical (unpaired) electrons. The highest BCUT2D eigenvalue weighted by Crippen LogP contribution is 2.17. The highest BCUT2D eigenvalue weighted by Gasteiger charge is 2.13. The molecule has 0 spiro atoms. The summed E-state index contributed by atoms with van der Waals surface area (Å²) in [6.07, 6.45) is 2.23. The molecule has 2 aromatic rings. The fourth-order valence-corrected chi connectivity index (χ4v) is 2.60. The van der Waals surface area contributed by atoms with Crippen molar-refractivity contribution in [1.29, 1.82) is 0 Å². The lowest BCUT2D eigenvalue weighted by molar-refractivity contribution is 0.423. The van der Waals surface area contributed by atoms with E-state index in [0.29, 0.717) is 11.5 Å². The number of hydrogen-bond donors (Lipinski definition) is 0. The van der Waals surface area contributed by atoms with Crippen LogP contribution in [0.2, 0.25) is 0 Å². The Bertz CT molecular complexity index is 544. The number of halogens is 1. The predicted octanol–water partition coefficient (Wildman–Crippen LogP) is 3.41. The van der Waals surface area contributed by atoms with Crippen LogP contribution in [0.1, 0.15) is 19.8 Å². The van der Waals surface area contributed by atoms with Gasteiger partial charge in [-0.1, -0.05) is 41.4 Å². The van der Waals surface area contributed by atoms with Crippen molar-refractivity contribution >= 4 is 27.0 Å². The molecule has 3 nitrogen and oxygen atoms in total. The predicted molar refractivity (Wildman–Crippen MR) is 72.7 cm³/mol. The quantitative estimate of drug-likeness (QED) is 0.793. The third kappa shape index (κ3) is 2.63. The minimum absolute atomic E-state index is 0.256. The highest BCUT2D eigenvalue weighted by molar-refractivity contribution is 9.09. The van der Waals surface area contributed by atoms with E-state index in [1.807, 2.05) is 24.3 Å². The number of oxazole rings is 1. The number of para-hydroxylation sites is 2. The summed E-state index contributed by atoms with van der Waals surface area (Å²) in [7, 11) is 0. The summed E-state index contributed by atoms with van der Waals surface area (Å²) in [6.45, 7) is 2.88. The third-order valence-electron chi connectivity index (χ3n) is 2.93. The number of fused-ring (bicyclic) bond motifs is 1. The third-order valence-corrected chi connectivity index (χ3v) is 3.85. The van der Waals surface area contributed by atoms with Gasteiger partial charge in [-0.25, -0.2) is 4.79 Å². The molecular formula is C13H16BrNO2. The van der Waals surface area contributed by atoms with Gasteiger partial charge >= 0.3 is 5.76 Å². The van der Waals surface area contributed by atoms with Crippen LogP contribution in [-0.4, -0.2) is 9.90 Å². The zero-order valence-electron chi connectivity index (χ0n) is 9.86. The van der Waals surface area contributed by atoms with Gasteiger partial charge in [0, 0.05) is 11.9 Å². The van der Waals surface area contributed by atoms with Crippen molar-refractivity contribution in [3.05, 3.63) is 34.8 Å². The van der Waals surface area contributed by atoms with E-state index in [9.17, 15) is 4.79 Å². The Morgan fingerprint density at radius 1 is 1.41 bits per heavy atom. The van der Waals surface area contributed by atoms with E-state index in [1.54, 1.807) is 4.57 Å². The zero-order valence-corrected chi connectivity index (χ0v) is 11.4. The second-order valence-electron chi connectivity index (χ2n) is 4.26. The Labute approximate surface area is 109 Å². The number of hydrogen-bond acceptors (Lipinski definition) is 2. The van der Waals surface area contributed by atoms with Crippen LogP contribution in [0.4, 0.5) is 0 Å². The normalized spacial score (nSPS) is 13.1. The fraction of sp³-hybridized carbons (Fsp3) is 0.462. The summed E-state index contributed by atoms with van der Waals surface area (Å²) in [5, 5.41) is 0.910. The number of benzene rings is 1. The number of aromatic nitrogens is 1. The highest BCUT2D eigenvalue weighted by atomic mass is 79.9. The van der Waals surface area contributed by atoms with Crippen molar-refractivity contribution < 1.29 is 4.42 Å². The van der Waals surface area contributed by atoms with E-state index < -0.39 is 0 Å². The van der Waals surface area contributed by atoms with Gasteiger partial charge < -0.3 is 4.42 Å². The van der Waals surface area contributed by atoms with Crippen LogP contribution in [0.5, 0.6) is 0 Å². The molecule has 92 valence electrons. The molecule has 0 saturated heterocycles.